The van der Waals surface area contributed by atoms with Crippen molar-refractivity contribution in [1.82, 2.24) is 24.5 Å². The van der Waals surface area contributed by atoms with Crippen LogP contribution in [0, 0.1) is 5.92 Å². The molecule has 2 bridgehead atoms. The molecule has 8 rings (SSSR count). The summed E-state index contributed by atoms with van der Waals surface area (Å²) in [6.07, 6.45) is 9.30. The van der Waals surface area contributed by atoms with Gasteiger partial charge in [-0.1, -0.05) is 11.6 Å². The first-order chi connectivity index (χ1) is 16.4. The summed E-state index contributed by atoms with van der Waals surface area (Å²) < 4.78 is 9.73. The van der Waals surface area contributed by atoms with E-state index in [2.05, 4.69) is 45.7 Å². The molecule has 5 aliphatic rings. The molecule has 34 heavy (non-hydrogen) atoms. The fourth-order valence-corrected chi connectivity index (χ4v) is 6.87. The van der Waals surface area contributed by atoms with Gasteiger partial charge in [-0.2, -0.15) is 10.2 Å². The molecular formula is C25H31ClN6O2. The molecule has 3 aliphatic carbocycles. The Morgan fingerprint density at radius 3 is 2.65 bits per heavy atom. The van der Waals surface area contributed by atoms with E-state index in [0.29, 0.717) is 13.2 Å². The van der Waals surface area contributed by atoms with Crippen molar-refractivity contribution in [2.45, 2.75) is 56.3 Å². The Kier molecular flexibility index (Phi) is 4.48. The van der Waals surface area contributed by atoms with E-state index < -0.39 is 6.10 Å². The third-order valence-electron chi connectivity index (χ3n) is 8.99. The van der Waals surface area contributed by atoms with E-state index in [1.165, 1.54) is 19.3 Å². The maximum Gasteiger partial charge on any atom is 0.103 e. The van der Waals surface area contributed by atoms with E-state index in [1.54, 1.807) is 0 Å². The maximum absolute atomic E-state index is 10.5. The van der Waals surface area contributed by atoms with Gasteiger partial charge in [0.1, 0.15) is 5.69 Å². The molecule has 1 aromatic carbocycles. The Hall–Kier alpha value is -2.13. The van der Waals surface area contributed by atoms with Gasteiger partial charge >= 0.3 is 0 Å². The van der Waals surface area contributed by atoms with Crippen molar-refractivity contribution in [3.63, 3.8) is 0 Å². The second kappa shape index (κ2) is 7.20. The van der Waals surface area contributed by atoms with E-state index in [1.807, 2.05) is 23.1 Å². The van der Waals surface area contributed by atoms with Gasteiger partial charge in [0.2, 0.25) is 0 Å². The van der Waals surface area contributed by atoms with Crippen molar-refractivity contribution in [3.8, 4) is 5.69 Å². The molecule has 180 valence electrons. The summed E-state index contributed by atoms with van der Waals surface area (Å²) in [7, 11) is 0. The Balaban J connectivity index is 1.18. The van der Waals surface area contributed by atoms with Gasteiger partial charge in [0.15, 0.2) is 0 Å². The van der Waals surface area contributed by atoms with Crippen LogP contribution in [0.2, 0.25) is 5.02 Å². The van der Waals surface area contributed by atoms with Crippen LogP contribution < -0.4 is 4.90 Å². The number of hydrogen-bond donors (Lipinski definition) is 1. The monoisotopic (exact) mass is 482 g/mol. The quantitative estimate of drug-likeness (QED) is 0.616. The molecule has 0 radical (unpaired) electrons. The van der Waals surface area contributed by atoms with Crippen LogP contribution in [0.4, 0.5) is 5.69 Å². The third-order valence-corrected chi connectivity index (χ3v) is 9.29. The second-order valence-corrected chi connectivity index (χ2v) is 11.5. The lowest BCUT2D eigenvalue weighted by Crippen LogP contribution is -2.63. The SMILES string of the molecule is C[C@@H]1CN([C@@]2(C)COCC2O)CCN1c1cc2c(cnn2-c2cnn(C34CC(C3)C4)c2)cc1Cl. The molecule has 5 fully saturated rings. The van der Waals surface area contributed by atoms with Gasteiger partial charge in [-0.05, 0) is 51.2 Å². The van der Waals surface area contributed by atoms with Crippen molar-refractivity contribution in [2.24, 2.45) is 5.92 Å². The highest BCUT2D eigenvalue weighted by atomic mass is 35.5. The minimum atomic E-state index is -0.452. The number of benzene rings is 1. The van der Waals surface area contributed by atoms with Gasteiger partial charge in [-0.25, -0.2) is 4.68 Å². The normalized spacial score (nSPS) is 35.5. The van der Waals surface area contributed by atoms with Crippen LogP contribution in [-0.4, -0.2) is 80.1 Å². The maximum atomic E-state index is 10.5. The molecule has 3 atom stereocenters. The van der Waals surface area contributed by atoms with Gasteiger partial charge in [-0.15, -0.1) is 0 Å². The summed E-state index contributed by atoms with van der Waals surface area (Å²) in [6.45, 7) is 7.86. The zero-order valence-corrected chi connectivity index (χ0v) is 20.4. The Morgan fingerprint density at radius 2 is 1.97 bits per heavy atom. The van der Waals surface area contributed by atoms with E-state index in [0.717, 1.165) is 52.9 Å². The number of fused-ring (bicyclic) bond motifs is 1. The average molecular weight is 483 g/mol. The smallest absolute Gasteiger partial charge is 0.103 e. The largest absolute Gasteiger partial charge is 0.389 e. The topological polar surface area (TPSA) is 71.6 Å². The number of hydrogen-bond acceptors (Lipinski definition) is 6. The molecule has 1 N–H and O–H groups in total. The highest BCUT2D eigenvalue weighted by Crippen LogP contribution is 2.62. The van der Waals surface area contributed by atoms with Crippen LogP contribution in [0.15, 0.2) is 30.7 Å². The lowest BCUT2D eigenvalue weighted by molar-refractivity contribution is -0.0977. The molecule has 0 spiro atoms. The molecule has 2 saturated heterocycles. The van der Waals surface area contributed by atoms with Crippen molar-refractivity contribution in [1.29, 1.82) is 0 Å². The van der Waals surface area contributed by atoms with Gasteiger partial charge in [-0.3, -0.25) is 9.58 Å². The molecule has 1 unspecified atom stereocenters. The van der Waals surface area contributed by atoms with Gasteiger partial charge in [0, 0.05) is 31.1 Å². The first-order valence-electron chi connectivity index (χ1n) is 12.4. The van der Waals surface area contributed by atoms with Crippen LogP contribution in [-0.2, 0) is 10.3 Å². The summed E-state index contributed by atoms with van der Waals surface area (Å²) in [4.78, 5) is 4.76. The number of rotatable bonds is 4. The average Bonchev–Trinajstić information content (AvgIpc) is 3.45. The number of nitrogens with zero attached hydrogens (tertiary/aromatic N) is 6. The summed E-state index contributed by atoms with van der Waals surface area (Å²) in [5.41, 5.74) is 3.01. The molecule has 2 aromatic heterocycles. The Morgan fingerprint density at radius 1 is 1.15 bits per heavy atom. The lowest BCUT2D eigenvalue weighted by atomic mass is 9.50. The molecule has 0 amide bonds. The highest BCUT2D eigenvalue weighted by molar-refractivity contribution is 6.34. The van der Waals surface area contributed by atoms with E-state index >= 15 is 0 Å². The number of anilines is 1. The standard InChI is InChI=1S/C25H31ClN6O2/c1-16-12-29(24(2)15-34-14-23(24)33)3-4-30(16)22-6-21-18(5-20(22)26)10-28-32(21)19-11-27-31(13-19)25-7-17(8-25)9-25/h5-6,10-11,13,16-17,23,33H,3-4,7-9,12,14-15H2,1-2H3/t16-,17?,23?,24+,25?/m1/s1. The molecule has 3 saturated carbocycles. The fraction of sp³-hybridized carbons (Fsp3) is 0.600. The van der Waals surface area contributed by atoms with Gasteiger partial charge in [0.25, 0.3) is 0 Å². The third kappa shape index (κ3) is 2.89. The highest BCUT2D eigenvalue weighted by Gasteiger charge is 2.58. The molecule has 9 heteroatoms. The van der Waals surface area contributed by atoms with Crippen molar-refractivity contribution >= 4 is 28.2 Å². The summed E-state index contributed by atoms with van der Waals surface area (Å²) in [5.74, 6) is 0.914. The molecule has 2 aliphatic heterocycles. The van der Waals surface area contributed by atoms with Gasteiger partial charge in [0.05, 0.1) is 65.2 Å². The molecule has 4 heterocycles. The van der Waals surface area contributed by atoms with Crippen molar-refractivity contribution in [2.75, 3.05) is 37.7 Å². The minimum absolute atomic E-state index is 0.247. The zero-order valence-electron chi connectivity index (χ0n) is 19.7. The predicted molar refractivity (Wildman–Crippen MR) is 131 cm³/mol. The van der Waals surface area contributed by atoms with E-state index in [9.17, 15) is 5.11 Å². The first-order valence-corrected chi connectivity index (χ1v) is 12.7. The summed E-state index contributed by atoms with van der Waals surface area (Å²) >= 11 is 6.80. The van der Waals surface area contributed by atoms with Crippen LogP contribution in [0.25, 0.3) is 16.6 Å². The molecule has 3 aromatic rings. The molecular weight excluding hydrogens is 452 g/mol. The number of aliphatic hydroxyl groups is 1. The van der Waals surface area contributed by atoms with Crippen LogP contribution in [0.5, 0.6) is 0 Å². The lowest BCUT2D eigenvalue weighted by Gasteiger charge is -2.61. The summed E-state index contributed by atoms with van der Waals surface area (Å²) in [5, 5.41) is 21.6. The van der Waals surface area contributed by atoms with Crippen LogP contribution >= 0.6 is 11.6 Å². The minimum Gasteiger partial charge on any atom is -0.389 e. The van der Waals surface area contributed by atoms with Gasteiger partial charge < -0.3 is 14.7 Å². The second-order valence-electron chi connectivity index (χ2n) is 11.1. The predicted octanol–water partition coefficient (Wildman–Crippen LogP) is 3.04. The van der Waals surface area contributed by atoms with Crippen LogP contribution in [0.1, 0.15) is 33.1 Å². The Bertz CT molecular complexity index is 1250. The zero-order chi connectivity index (χ0) is 23.2. The molecule has 8 nitrogen and oxygen atoms in total. The van der Waals surface area contributed by atoms with Crippen molar-refractivity contribution < 1.29 is 9.84 Å². The van der Waals surface area contributed by atoms with Crippen LogP contribution in [0.3, 0.4) is 0 Å². The van der Waals surface area contributed by atoms with E-state index in [4.69, 9.17) is 21.4 Å². The Labute approximate surface area is 204 Å². The number of aliphatic hydroxyl groups excluding tert-OH is 1. The van der Waals surface area contributed by atoms with Crippen molar-refractivity contribution in [3.05, 3.63) is 35.7 Å². The van der Waals surface area contributed by atoms with E-state index in [-0.39, 0.29) is 17.1 Å². The summed E-state index contributed by atoms with van der Waals surface area (Å²) in [6, 6.07) is 4.44. The number of piperazine rings is 1. The fourth-order valence-electron chi connectivity index (χ4n) is 6.59. The number of aromatic nitrogens is 4. The first kappa shape index (κ1) is 21.2. The number of ether oxygens (including phenoxy) is 1. The number of halogens is 1.